The first-order chi connectivity index (χ1) is 12.2. The molecule has 0 amide bonds. The zero-order chi connectivity index (χ0) is 17.6. The molecule has 0 bridgehead atoms. The number of nitriles is 1. The van der Waals surface area contributed by atoms with Gasteiger partial charge in [-0.1, -0.05) is 12.1 Å². The molecule has 0 N–H and O–H groups in total. The third-order valence-corrected chi connectivity index (χ3v) is 4.44. The Labute approximate surface area is 146 Å². The van der Waals surface area contributed by atoms with Crippen molar-refractivity contribution in [1.29, 1.82) is 5.26 Å². The molecule has 2 aromatic rings. The van der Waals surface area contributed by atoms with E-state index in [4.69, 9.17) is 0 Å². The van der Waals surface area contributed by atoms with Gasteiger partial charge in [0.25, 0.3) is 5.69 Å². The van der Waals surface area contributed by atoms with Crippen LogP contribution in [0, 0.1) is 21.4 Å². The van der Waals surface area contributed by atoms with Gasteiger partial charge in [0.2, 0.25) is 0 Å². The molecule has 1 saturated heterocycles. The van der Waals surface area contributed by atoms with E-state index >= 15 is 0 Å². The smallest absolute Gasteiger partial charge is 0.269 e. The fraction of sp³-hybridized carbons (Fsp3) is 0.333. The summed E-state index contributed by atoms with van der Waals surface area (Å²) in [5.41, 5.74) is 1.84. The summed E-state index contributed by atoms with van der Waals surface area (Å²) >= 11 is 0. The summed E-state index contributed by atoms with van der Waals surface area (Å²) in [4.78, 5) is 19.2. The molecule has 0 aliphatic carbocycles. The van der Waals surface area contributed by atoms with Gasteiger partial charge in [0.15, 0.2) is 0 Å². The fourth-order valence-electron chi connectivity index (χ4n) is 2.99. The van der Waals surface area contributed by atoms with E-state index in [-0.39, 0.29) is 10.6 Å². The van der Waals surface area contributed by atoms with E-state index in [9.17, 15) is 15.4 Å². The van der Waals surface area contributed by atoms with Crippen molar-refractivity contribution < 1.29 is 4.92 Å². The van der Waals surface area contributed by atoms with Crippen molar-refractivity contribution in [1.82, 2.24) is 9.88 Å². The molecule has 0 radical (unpaired) electrons. The molecule has 0 atom stereocenters. The van der Waals surface area contributed by atoms with Crippen LogP contribution in [0.5, 0.6) is 0 Å². The predicted octanol–water partition coefficient (Wildman–Crippen LogP) is 2.23. The molecule has 1 aliphatic rings. The summed E-state index contributed by atoms with van der Waals surface area (Å²) in [6.07, 6.45) is 2.59. The molecule has 0 unspecified atom stereocenters. The zero-order valence-corrected chi connectivity index (χ0v) is 13.8. The highest BCUT2D eigenvalue weighted by molar-refractivity contribution is 5.53. The van der Waals surface area contributed by atoms with Gasteiger partial charge in [0, 0.05) is 51.1 Å². The van der Waals surface area contributed by atoms with Gasteiger partial charge in [-0.3, -0.25) is 15.0 Å². The van der Waals surface area contributed by atoms with Crippen LogP contribution in [0.3, 0.4) is 0 Å². The van der Waals surface area contributed by atoms with E-state index < -0.39 is 0 Å². The molecule has 1 aliphatic heterocycles. The fourth-order valence-corrected chi connectivity index (χ4v) is 2.99. The molecule has 128 valence electrons. The van der Waals surface area contributed by atoms with E-state index in [0.29, 0.717) is 5.56 Å². The third kappa shape index (κ3) is 4.11. The van der Waals surface area contributed by atoms with Gasteiger partial charge in [-0.05, 0) is 24.1 Å². The molecule has 3 rings (SSSR count). The standard InChI is InChI=1S/C18H19N5O2/c19-14-16-2-1-8-20-18(16)22-12-10-21(11-13-22)9-7-15-3-5-17(6-4-15)23(24)25/h1-6,8H,7,9-13H2. The summed E-state index contributed by atoms with van der Waals surface area (Å²) in [5.74, 6) is 0.764. The van der Waals surface area contributed by atoms with Crippen LogP contribution in [-0.4, -0.2) is 47.5 Å². The number of anilines is 1. The van der Waals surface area contributed by atoms with E-state index in [1.807, 2.05) is 12.1 Å². The van der Waals surface area contributed by atoms with E-state index in [1.54, 1.807) is 30.5 Å². The molecule has 1 aromatic heterocycles. The second-order valence-electron chi connectivity index (χ2n) is 5.99. The highest BCUT2D eigenvalue weighted by atomic mass is 16.6. The van der Waals surface area contributed by atoms with Gasteiger partial charge < -0.3 is 4.90 Å². The van der Waals surface area contributed by atoms with Gasteiger partial charge in [-0.25, -0.2) is 4.98 Å². The Balaban J connectivity index is 1.51. The van der Waals surface area contributed by atoms with Crippen LogP contribution in [0.15, 0.2) is 42.6 Å². The Morgan fingerprint density at radius 2 is 1.88 bits per heavy atom. The van der Waals surface area contributed by atoms with Gasteiger partial charge >= 0.3 is 0 Å². The lowest BCUT2D eigenvalue weighted by Crippen LogP contribution is -2.47. The second-order valence-corrected chi connectivity index (χ2v) is 5.99. The SMILES string of the molecule is N#Cc1cccnc1N1CCN(CCc2ccc([N+](=O)[O-])cc2)CC1. The molecule has 25 heavy (non-hydrogen) atoms. The van der Waals surface area contributed by atoms with Gasteiger partial charge in [-0.2, -0.15) is 5.26 Å². The summed E-state index contributed by atoms with van der Waals surface area (Å²) in [6, 6.07) is 12.5. The van der Waals surface area contributed by atoms with Crippen LogP contribution in [0.2, 0.25) is 0 Å². The average Bonchev–Trinajstić information content (AvgIpc) is 2.67. The minimum Gasteiger partial charge on any atom is -0.353 e. The average molecular weight is 337 g/mol. The third-order valence-electron chi connectivity index (χ3n) is 4.44. The first-order valence-corrected chi connectivity index (χ1v) is 8.23. The first kappa shape index (κ1) is 16.9. The number of nitro groups is 1. The Morgan fingerprint density at radius 1 is 1.16 bits per heavy atom. The Kier molecular flexibility index (Phi) is 5.21. The highest BCUT2D eigenvalue weighted by Gasteiger charge is 2.19. The lowest BCUT2D eigenvalue weighted by Gasteiger charge is -2.35. The molecular weight excluding hydrogens is 318 g/mol. The Bertz CT molecular complexity index is 777. The maximum Gasteiger partial charge on any atom is 0.269 e. The van der Waals surface area contributed by atoms with Crippen LogP contribution in [0.25, 0.3) is 0 Å². The Morgan fingerprint density at radius 3 is 2.52 bits per heavy atom. The number of non-ortho nitro benzene ring substituents is 1. The van der Waals surface area contributed by atoms with Crippen molar-refractivity contribution >= 4 is 11.5 Å². The minimum absolute atomic E-state index is 0.126. The van der Waals surface area contributed by atoms with Crippen LogP contribution in [0.1, 0.15) is 11.1 Å². The van der Waals surface area contributed by atoms with E-state index in [1.165, 1.54) is 0 Å². The summed E-state index contributed by atoms with van der Waals surface area (Å²) in [6.45, 7) is 4.42. The number of aromatic nitrogens is 1. The van der Waals surface area contributed by atoms with Gasteiger partial charge in [-0.15, -0.1) is 0 Å². The Hall–Kier alpha value is -2.98. The molecule has 0 saturated carbocycles. The number of nitrogens with zero attached hydrogens (tertiary/aromatic N) is 5. The number of nitro benzene ring substituents is 1. The quantitative estimate of drug-likeness (QED) is 0.614. The monoisotopic (exact) mass is 337 g/mol. The van der Waals surface area contributed by atoms with E-state index in [2.05, 4.69) is 20.9 Å². The van der Waals surface area contributed by atoms with Crippen LogP contribution < -0.4 is 4.90 Å². The van der Waals surface area contributed by atoms with Crippen molar-refractivity contribution in [2.24, 2.45) is 0 Å². The van der Waals surface area contributed by atoms with Gasteiger partial charge in [0.1, 0.15) is 11.9 Å². The maximum absolute atomic E-state index is 10.7. The predicted molar refractivity (Wildman–Crippen MR) is 94.4 cm³/mol. The van der Waals surface area contributed by atoms with Crippen molar-refractivity contribution in [2.45, 2.75) is 6.42 Å². The molecule has 2 heterocycles. The molecule has 0 spiro atoms. The molecular formula is C18H19N5O2. The number of rotatable bonds is 5. The van der Waals surface area contributed by atoms with E-state index in [0.717, 1.165) is 50.5 Å². The number of pyridine rings is 1. The molecule has 1 aromatic carbocycles. The summed E-state index contributed by atoms with van der Waals surface area (Å²) in [7, 11) is 0. The van der Waals surface area contributed by atoms with Crippen LogP contribution in [-0.2, 0) is 6.42 Å². The molecule has 7 nitrogen and oxygen atoms in total. The zero-order valence-electron chi connectivity index (χ0n) is 13.8. The normalized spacial score (nSPS) is 14.9. The summed E-state index contributed by atoms with van der Waals surface area (Å²) in [5, 5.41) is 19.9. The minimum atomic E-state index is -0.379. The lowest BCUT2D eigenvalue weighted by atomic mass is 10.1. The van der Waals surface area contributed by atoms with Crippen molar-refractivity contribution in [3.63, 3.8) is 0 Å². The van der Waals surface area contributed by atoms with Crippen molar-refractivity contribution in [3.8, 4) is 6.07 Å². The van der Waals surface area contributed by atoms with Crippen LogP contribution >= 0.6 is 0 Å². The molecule has 1 fully saturated rings. The molecule has 7 heteroatoms. The number of benzene rings is 1. The largest absolute Gasteiger partial charge is 0.353 e. The summed E-state index contributed by atoms with van der Waals surface area (Å²) < 4.78 is 0. The highest BCUT2D eigenvalue weighted by Crippen LogP contribution is 2.18. The van der Waals surface area contributed by atoms with Gasteiger partial charge in [0.05, 0.1) is 10.5 Å². The number of hydrogen-bond donors (Lipinski definition) is 0. The maximum atomic E-state index is 10.7. The van der Waals surface area contributed by atoms with Crippen molar-refractivity contribution in [2.75, 3.05) is 37.6 Å². The number of piperazine rings is 1. The second kappa shape index (κ2) is 7.73. The van der Waals surface area contributed by atoms with Crippen LogP contribution in [0.4, 0.5) is 11.5 Å². The lowest BCUT2D eigenvalue weighted by molar-refractivity contribution is -0.384. The number of hydrogen-bond acceptors (Lipinski definition) is 6. The topological polar surface area (TPSA) is 86.3 Å². The first-order valence-electron chi connectivity index (χ1n) is 8.23. The van der Waals surface area contributed by atoms with Crippen molar-refractivity contribution in [3.05, 3.63) is 63.8 Å².